The molecule has 2 amide bonds. The summed E-state index contributed by atoms with van der Waals surface area (Å²) in [4.78, 5) is 33.0. The smallest absolute Gasteiger partial charge is 0.252 e. The summed E-state index contributed by atoms with van der Waals surface area (Å²) >= 11 is 0. The Morgan fingerprint density at radius 3 is 2.58 bits per heavy atom. The van der Waals surface area contributed by atoms with Gasteiger partial charge in [0.05, 0.1) is 17.1 Å². The third-order valence-electron chi connectivity index (χ3n) is 6.85. The van der Waals surface area contributed by atoms with Crippen molar-refractivity contribution in [3.8, 4) is 0 Å². The average Bonchev–Trinajstić information content (AvgIpc) is 3.17. The fourth-order valence-electron chi connectivity index (χ4n) is 4.92. The van der Waals surface area contributed by atoms with Crippen molar-refractivity contribution < 1.29 is 9.59 Å². The van der Waals surface area contributed by atoms with E-state index in [1.807, 2.05) is 79.8 Å². The maximum atomic E-state index is 13.2. The number of fused-ring (bicyclic) bond motifs is 1. The van der Waals surface area contributed by atoms with Crippen LogP contribution in [0.4, 0.5) is 0 Å². The zero-order chi connectivity index (χ0) is 23.5. The third-order valence-corrected chi connectivity index (χ3v) is 6.85. The van der Waals surface area contributed by atoms with Gasteiger partial charge in [-0.15, -0.1) is 0 Å². The van der Waals surface area contributed by atoms with Crippen LogP contribution in [0.2, 0.25) is 0 Å². The largest absolute Gasteiger partial charge is 0.342 e. The molecule has 1 heterocycles. The summed E-state index contributed by atoms with van der Waals surface area (Å²) in [5.41, 5.74) is 4.46. The molecule has 0 saturated heterocycles. The molecule has 6 heteroatoms. The van der Waals surface area contributed by atoms with Crippen LogP contribution < -0.4 is 5.32 Å². The number of para-hydroxylation sites is 2. The summed E-state index contributed by atoms with van der Waals surface area (Å²) in [6.07, 6.45) is 5.77. The van der Waals surface area contributed by atoms with Crippen molar-refractivity contribution >= 4 is 22.8 Å². The molecule has 1 saturated carbocycles. The molecule has 174 valence electrons. The van der Waals surface area contributed by atoms with E-state index in [0.29, 0.717) is 17.4 Å². The Balaban J connectivity index is 1.59. The molecular formula is C27H34N4O2. The van der Waals surface area contributed by atoms with Crippen molar-refractivity contribution in [3.05, 3.63) is 65.0 Å². The highest BCUT2D eigenvalue weighted by atomic mass is 16.2. The number of hydrogen-bond donors (Lipinski definition) is 1. The van der Waals surface area contributed by atoms with Crippen LogP contribution in [0.15, 0.2) is 42.5 Å². The normalized spacial score (nSPS) is 15.4. The first-order valence-electron chi connectivity index (χ1n) is 11.9. The van der Waals surface area contributed by atoms with Gasteiger partial charge in [0.25, 0.3) is 5.91 Å². The van der Waals surface area contributed by atoms with E-state index in [-0.39, 0.29) is 24.4 Å². The molecule has 4 rings (SSSR count). The number of carbonyl (C=O) groups is 2. The summed E-state index contributed by atoms with van der Waals surface area (Å²) in [5, 5.41) is 3.09. The van der Waals surface area contributed by atoms with Gasteiger partial charge in [0.2, 0.25) is 5.91 Å². The molecule has 0 bridgehead atoms. The second-order valence-corrected chi connectivity index (χ2v) is 9.35. The fourth-order valence-corrected chi connectivity index (χ4v) is 4.92. The molecule has 1 aromatic heterocycles. The van der Waals surface area contributed by atoms with Gasteiger partial charge in [-0.3, -0.25) is 9.59 Å². The highest BCUT2D eigenvalue weighted by molar-refractivity contribution is 5.96. The van der Waals surface area contributed by atoms with Gasteiger partial charge in [-0.25, -0.2) is 4.98 Å². The number of hydrogen-bond acceptors (Lipinski definition) is 3. The second kappa shape index (κ2) is 9.77. The monoisotopic (exact) mass is 446 g/mol. The van der Waals surface area contributed by atoms with Crippen molar-refractivity contribution in [1.29, 1.82) is 0 Å². The molecule has 1 atom stereocenters. The Bertz CT molecular complexity index is 1160. The van der Waals surface area contributed by atoms with E-state index in [1.54, 1.807) is 0 Å². The minimum atomic E-state index is -0.349. The van der Waals surface area contributed by atoms with Crippen LogP contribution in [-0.2, 0) is 11.3 Å². The average molecular weight is 447 g/mol. The van der Waals surface area contributed by atoms with Crippen molar-refractivity contribution in [2.75, 3.05) is 7.05 Å². The number of aromatic nitrogens is 2. The predicted octanol–water partition coefficient (Wildman–Crippen LogP) is 4.94. The minimum absolute atomic E-state index is 0.0826. The quantitative estimate of drug-likeness (QED) is 0.583. The minimum Gasteiger partial charge on any atom is -0.342 e. The molecule has 6 nitrogen and oxygen atoms in total. The first-order chi connectivity index (χ1) is 15.8. The second-order valence-electron chi connectivity index (χ2n) is 9.35. The number of benzene rings is 2. The number of nitrogens with one attached hydrogen (secondary N) is 1. The number of amides is 2. The van der Waals surface area contributed by atoms with Gasteiger partial charge in [0.15, 0.2) is 0 Å². The molecule has 0 radical (unpaired) electrons. The van der Waals surface area contributed by atoms with Gasteiger partial charge in [0.1, 0.15) is 12.4 Å². The maximum absolute atomic E-state index is 13.2. The number of nitrogens with zero attached hydrogens (tertiary/aromatic N) is 3. The van der Waals surface area contributed by atoms with Crippen molar-refractivity contribution in [3.63, 3.8) is 0 Å². The molecule has 1 N–H and O–H groups in total. The van der Waals surface area contributed by atoms with Gasteiger partial charge >= 0.3 is 0 Å². The van der Waals surface area contributed by atoms with Crippen LogP contribution in [0.3, 0.4) is 0 Å². The lowest BCUT2D eigenvalue weighted by Gasteiger charge is -2.31. The predicted molar refractivity (Wildman–Crippen MR) is 131 cm³/mol. The summed E-state index contributed by atoms with van der Waals surface area (Å²) in [6.45, 7) is 6.10. The SMILES string of the molecule is Cc1ccc(C(=O)NC(C)c2nc3ccccc3n2CC(=O)N(C)C2CCCCC2)c(C)c1. The molecule has 0 aliphatic heterocycles. The molecule has 1 aliphatic rings. The summed E-state index contributed by atoms with van der Waals surface area (Å²) in [5.74, 6) is 0.642. The van der Waals surface area contributed by atoms with E-state index in [1.165, 1.54) is 19.3 Å². The number of aryl methyl sites for hydroxylation is 2. The van der Waals surface area contributed by atoms with Crippen LogP contribution in [0.25, 0.3) is 11.0 Å². The molecule has 33 heavy (non-hydrogen) atoms. The standard InChI is InChI=1S/C27H34N4O2/c1-18-14-15-22(19(2)16-18)27(33)28-20(3)26-29-23-12-8-9-13-24(23)31(26)17-25(32)30(4)21-10-6-5-7-11-21/h8-9,12-16,20-21H,5-7,10-11,17H2,1-4H3,(H,28,33). The number of likely N-dealkylation sites (N-methyl/N-ethyl adjacent to an activating group) is 1. The first kappa shape index (κ1) is 23.0. The van der Waals surface area contributed by atoms with Gasteiger partial charge in [-0.2, -0.15) is 0 Å². The fraction of sp³-hybridized carbons (Fsp3) is 0.444. The summed E-state index contributed by atoms with van der Waals surface area (Å²) in [6, 6.07) is 13.6. The van der Waals surface area contributed by atoms with E-state index in [4.69, 9.17) is 4.98 Å². The van der Waals surface area contributed by atoms with E-state index in [0.717, 1.165) is 35.0 Å². The highest BCUT2D eigenvalue weighted by Crippen LogP contribution is 2.24. The first-order valence-corrected chi connectivity index (χ1v) is 11.9. The highest BCUT2D eigenvalue weighted by Gasteiger charge is 2.25. The molecule has 3 aromatic rings. The molecule has 2 aromatic carbocycles. The van der Waals surface area contributed by atoms with E-state index in [9.17, 15) is 9.59 Å². The molecule has 1 fully saturated rings. The molecular weight excluding hydrogens is 412 g/mol. The Morgan fingerprint density at radius 1 is 1.12 bits per heavy atom. The summed E-state index contributed by atoms with van der Waals surface area (Å²) in [7, 11) is 1.92. The molecule has 1 aliphatic carbocycles. The Morgan fingerprint density at radius 2 is 1.85 bits per heavy atom. The van der Waals surface area contributed by atoms with E-state index in [2.05, 4.69) is 5.32 Å². The third kappa shape index (κ3) is 4.95. The molecule has 1 unspecified atom stereocenters. The number of carbonyl (C=O) groups excluding carboxylic acids is 2. The maximum Gasteiger partial charge on any atom is 0.252 e. The van der Waals surface area contributed by atoms with Gasteiger partial charge in [-0.05, 0) is 57.4 Å². The molecule has 0 spiro atoms. The zero-order valence-corrected chi connectivity index (χ0v) is 20.1. The lowest BCUT2D eigenvalue weighted by molar-refractivity contribution is -0.133. The van der Waals surface area contributed by atoms with Crippen LogP contribution in [0, 0.1) is 13.8 Å². The van der Waals surface area contributed by atoms with Gasteiger partial charge < -0.3 is 14.8 Å². The van der Waals surface area contributed by atoms with E-state index >= 15 is 0 Å². The van der Waals surface area contributed by atoms with Crippen molar-refractivity contribution in [1.82, 2.24) is 19.8 Å². The van der Waals surface area contributed by atoms with Crippen LogP contribution >= 0.6 is 0 Å². The van der Waals surface area contributed by atoms with Crippen molar-refractivity contribution in [2.45, 2.75) is 71.5 Å². The Labute approximate surface area is 196 Å². The van der Waals surface area contributed by atoms with E-state index < -0.39 is 0 Å². The van der Waals surface area contributed by atoms with Crippen LogP contribution in [0.5, 0.6) is 0 Å². The van der Waals surface area contributed by atoms with Gasteiger partial charge in [0, 0.05) is 18.7 Å². The lowest BCUT2D eigenvalue weighted by atomic mass is 9.94. The summed E-state index contributed by atoms with van der Waals surface area (Å²) < 4.78 is 1.96. The Hall–Kier alpha value is -3.15. The Kier molecular flexibility index (Phi) is 6.82. The zero-order valence-electron chi connectivity index (χ0n) is 20.1. The van der Waals surface area contributed by atoms with Crippen molar-refractivity contribution in [2.24, 2.45) is 0 Å². The lowest BCUT2D eigenvalue weighted by Crippen LogP contribution is -2.40. The number of rotatable bonds is 6. The van der Waals surface area contributed by atoms with Crippen LogP contribution in [0.1, 0.15) is 72.4 Å². The van der Waals surface area contributed by atoms with Crippen LogP contribution in [-0.4, -0.2) is 39.4 Å². The number of imidazole rings is 1. The van der Waals surface area contributed by atoms with Gasteiger partial charge in [-0.1, -0.05) is 49.1 Å². The topological polar surface area (TPSA) is 67.2 Å².